The van der Waals surface area contributed by atoms with Crippen LogP contribution in [0, 0.1) is 11.3 Å². The molecule has 2 atom stereocenters. The number of carbonyl (C=O) groups excluding carboxylic acids is 2. The Hall–Kier alpha value is -2.89. The number of nitrogens with one attached hydrogen (secondary N) is 1. The monoisotopic (exact) mass is 411 g/mol. The van der Waals surface area contributed by atoms with E-state index in [1.54, 1.807) is 35.6 Å². The van der Waals surface area contributed by atoms with Gasteiger partial charge in [-0.05, 0) is 48.4 Å². The van der Waals surface area contributed by atoms with Crippen molar-refractivity contribution >= 4 is 23.3 Å². The van der Waals surface area contributed by atoms with Gasteiger partial charge in [-0.2, -0.15) is 5.26 Å². The number of hydrogen-bond acceptors (Lipinski definition) is 6. The first-order chi connectivity index (χ1) is 14.0. The number of benzene rings is 1. The van der Waals surface area contributed by atoms with Crippen LogP contribution < -0.4 is 10.1 Å². The average molecular weight is 411 g/mol. The van der Waals surface area contributed by atoms with Crippen LogP contribution in [0.5, 0.6) is 5.75 Å². The largest absolute Gasteiger partial charge is 0.491 e. The summed E-state index contributed by atoms with van der Waals surface area (Å²) >= 11 is 1.61. The molecular weight excluding hydrogens is 390 g/mol. The van der Waals surface area contributed by atoms with Crippen LogP contribution >= 0.6 is 11.3 Å². The first-order valence-corrected chi connectivity index (χ1v) is 10.4. The summed E-state index contributed by atoms with van der Waals surface area (Å²) in [5, 5.41) is 23.9. The Morgan fingerprint density at radius 3 is 2.86 bits per heavy atom. The van der Waals surface area contributed by atoms with E-state index < -0.39 is 17.7 Å². The SMILES string of the molecule is N#CCc1ccc(OC[C@H](O)CN2C(=O)N[C@]3(CCCc4sccc43)C2=O)cc1. The van der Waals surface area contributed by atoms with E-state index in [0.29, 0.717) is 18.6 Å². The normalized spacial score (nSPS) is 21.6. The summed E-state index contributed by atoms with van der Waals surface area (Å²) in [5.41, 5.74) is 0.769. The molecule has 2 N–H and O–H groups in total. The minimum atomic E-state index is -1.01. The van der Waals surface area contributed by atoms with Crippen LogP contribution in [-0.2, 0) is 23.2 Å². The van der Waals surface area contributed by atoms with Crippen molar-refractivity contribution in [1.29, 1.82) is 5.26 Å². The Labute approximate surface area is 172 Å². The molecule has 1 aliphatic carbocycles. The number of thiophene rings is 1. The number of β-amino-alcohol motifs (C(OH)–C–C–N with tert-alkyl or cyclic N) is 1. The molecule has 29 heavy (non-hydrogen) atoms. The number of nitrogens with zero attached hydrogens (tertiary/aromatic N) is 2. The number of amides is 3. The summed E-state index contributed by atoms with van der Waals surface area (Å²) in [4.78, 5) is 27.9. The van der Waals surface area contributed by atoms with Crippen LogP contribution in [0.1, 0.15) is 28.8 Å². The number of nitriles is 1. The first kappa shape index (κ1) is 19.4. The molecule has 1 saturated heterocycles. The highest BCUT2D eigenvalue weighted by Crippen LogP contribution is 2.42. The lowest BCUT2D eigenvalue weighted by atomic mass is 9.80. The van der Waals surface area contributed by atoms with Crippen LogP contribution in [-0.4, -0.2) is 41.2 Å². The molecule has 2 aromatic rings. The van der Waals surface area contributed by atoms with Gasteiger partial charge in [0.05, 0.1) is 19.0 Å². The van der Waals surface area contributed by atoms with Crippen LogP contribution in [0.2, 0.25) is 0 Å². The summed E-state index contributed by atoms with van der Waals surface area (Å²) in [6.45, 7) is -0.177. The fourth-order valence-corrected chi connectivity index (χ4v) is 4.96. The topological polar surface area (TPSA) is 103 Å². The van der Waals surface area contributed by atoms with E-state index in [1.807, 2.05) is 11.4 Å². The second-order valence-electron chi connectivity index (χ2n) is 7.31. The van der Waals surface area contributed by atoms with Gasteiger partial charge >= 0.3 is 6.03 Å². The van der Waals surface area contributed by atoms with E-state index >= 15 is 0 Å². The maximum absolute atomic E-state index is 13.1. The maximum Gasteiger partial charge on any atom is 0.325 e. The number of carbonyl (C=O) groups is 2. The molecular formula is C21H21N3O4S. The number of imide groups is 1. The Morgan fingerprint density at radius 1 is 1.31 bits per heavy atom. The van der Waals surface area contributed by atoms with Crippen molar-refractivity contribution in [1.82, 2.24) is 10.2 Å². The quantitative estimate of drug-likeness (QED) is 0.711. The molecule has 1 fully saturated rings. The van der Waals surface area contributed by atoms with Gasteiger partial charge in [0.15, 0.2) is 0 Å². The molecule has 4 rings (SSSR count). The highest BCUT2D eigenvalue weighted by Gasteiger charge is 2.54. The summed E-state index contributed by atoms with van der Waals surface area (Å²) in [7, 11) is 0. The fraction of sp³-hybridized carbons (Fsp3) is 0.381. The fourth-order valence-electron chi connectivity index (χ4n) is 3.96. The highest BCUT2D eigenvalue weighted by atomic mass is 32.1. The molecule has 0 unspecified atom stereocenters. The van der Waals surface area contributed by atoms with Crippen molar-refractivity contribution in [3.63, 3.8) is 0 Å². The molecule has 0 radical (unpaired) electrons. The lowest BCUT2D eigenvalue weighted by Gasteiger charge is -2.31. The van der Waals surface area contributed by atoms with Crippen LogP contribution in [0.4, 0.5) is 4.79 Å². The van der Waals surface area contributed by atoms with Gasteiger partial charge in [0.2, 0.25) is 0 Å². The molecule has 8 heteroatoms. The van der Waals surface area contributed by atoms with Gasteiger partial charge in [0, 0.05) is 10.4 Å². The van der Waals surface area contributed by atoms with Gasteiger partial charge in [-0.15, -0.1) is 11.3 Å². The van der Waals surface area contributed by atoms with E-state index in [0.717, 1.165) is 33.7 Å². The number of rotatable bonds is 6. The molecule has 1 aromatic carbocycles. The third kappa shape index (κ3) is 3.59. The second-order valence-corrected chi connectivity index (χ2v) is 8.31. The van der Waals surface area contributed by atoms with Gasteiger partial charge in [-0.3, -0.25) is 9.69 Å². The van der Waals surface area contributed by atoms with Crippen molar-refractivity contribution in [3.05, 3.63) is 51.7 Å². The molecule has 1 spiro atoms. The number of fused-ring (bicyclic) bond motifs is 2. The summed E-state index contributed by atoms with van der Waals surface area (Å²) in [6, 6.07) is 10.5. The highest BCUT2D eigenvalue weighted by molar-refractivity contribution is 7.10. The lowest BCUT2D eigenvalue weighted by molar-refractivity contribution is -0.133. The summed E-state index contributed by atoms with van der Waals surface area (Å²) < 4.78 is 5.56. The molecule has 150 valence electrons. The molecule has 1 aliphatic heterocycles. The van der Waals surface area contributed by atoms with Gasteiger partial charge in [0.1, 0.15) is 24.0 Å². The second kappa shape index (κ2) is 7.85. The standard InChI is InChI=1S/C21H21N3O4S/c22-10-7-14-3-5-16(6-4-14)28-13-15(25)12-24-19(26)21(23-20(24)27)9-1-2-18-17(21)8-11-29-18/h3-6,8,11,15,25H,1-2,7,9,12-13H2,(H,23,27)/t15-,21+/m1/s1. The van der Waals surface area contributed by atoms with Crippen molar-refractivity contribution in [2.24, 2.45) is 0 Å². The van der Waals surface area contributed by atoms with Gasteiger partial charge in [-0.1, -0.05) is 12.1 Å². The van der Waals surface area contributed by atoms with Gasteiger partial charge in [0.25, 0.3) is 5.91 Å². The zero-order valence-corrected chi connectivity index (χ0v) is 16.6. The zero-order valence-electron chi connectivity index (χ0n) is 15.8. The van der Waals surface area contributed by atoms with E-state index in [2.05, 4.69) is 11.4 Å². The van der Waals surface area contributed by atoms with Gasteiger partial charge < -0.3 is 15.2 Å². The van der Waals surface area contributed by atoms with Crippen LogP contribution in [0.25, 0.3) is 0 Å². The Morgan fingerprint density at radius 2 is 2.10 bits per heavy atom. The molecule has 0 saturated carbocycles. The van der Waals surface area contributed by atoms with E-state index in [-0.39, 0.29) is 19.1 Å². The lowest BCUT2D eigenvalue weighted by Crippen LogP contribution is -2.46. The molecule has 1 aromatic heterocycles. The Balaban J connectivity index is 1.39. The van der Waals surface area contributed by atoms with Crippen LogP contribution in [0.15, 0.2) is 35.7 Å². The summed E-state index contributed by atoms with van der Waals surface area (Å²) in [5.74, 6) is 0.247. The van der Waals surface area contributed by atoms with Crippen molar-refractivity contribution < 1.29 is 19.4 Å². The van der Waals surface area contributed by atoms with E-state index in [9.17, 15) is 14.7 Å². The predicted molar refractivity (Wildman–Crippen MR) is 106 cm³/mol. The minimum absolute atomic E-state index is 0.0502. The smallest absolute Gasteiger partial charge is 0.325 e. The number of urea groups is 1. The van der Waals surface area contributed by atoms with Crippen molar-refractivity contribution in [2.75, 3.05) is 13.2 Å². The van der Waals surface area contributed by atoms with E-state index in [4.69, 9.17) is 10.00 Å². The zero-order chi connectivity index (χ0) is 20.4. The minimum Gasteiger partial charge on any atom is -0.491 e. The third-order valence-corrected chi connectivity index (χ3v) is 6.36. The average Bonchev–Trinajstić information content (AvgIpc) is 3.28. The summed E-state index contributed by atoms with van der Waals surface area (Å²) in [6.07, 6.45) is 1.63. The Bertz CT molecular complexity index is 965. The van der Waals surface area contributed by atoms with E-state index in [1.165, 1.54) is 0 Å². The van der Waals surface area contributed by atoms with Crippen molar-refractivity contribution in [3.8, 4) is 11.8 Å². The molecule has 3 amide bonds. The number of hydrogen-bond donors (Lipinski definition) is 2. The van der Waals surface area contributed by atoms with Crippen LogP contribution in [0.3, 0.4) is 0 Å². The number of aliphatic hydroxyl groups excluding tert-OH is 1. The molecule has 7 nitrogen and oxygen atoms in total. The van der Waals surface area contributed by atoms with Gasteiger partial charge in [-0.25, -0.2) is 4.79 Å². The first-order valence-electron chi connectivity index (χ1n) is 9.51. The molecule has 2 aliphatic rings. The number of ether oxygens (including phenoxy) is 1. The maximum atomic E-state index is 13.1. The van der Waals surface area contributed by atoms with Crippen molar-refractivity contribution in [2.45, 2.75) is 37.3 Å². The molecule has 0 bridgehead atoms. The number of aliphatic hydroxyl groups is 1. The Kier molecular flexibility index (Phi) is 5.26. The predicted octanol–water partition coefficient (Wildman–Crippen LogP) is 2.34. The molecule has 2 heterocycles. The third-order valence-electron chi connectivity index (χ3n) is 5.38. The number of aryl methyl sites for hydroxylation is 1.